The van der Waals surface area contributed by atoms with Crippen molar-refractivity contribution in [2.75, 3.05) is 13.7 Å². The number of aliphatic hydroxyl groups excluding tert-OH is 1. The van der Waals surface area contributed by atoms with E-state index in [-0.39, 0.29) is 11.7 Å². The molecule has 0 atom stereocenters. The molecule has 1 N–H and O–H groups in total. The SMILES string of the molecule is C=C(O)/C(=C/C(C)=C/N(CCC(=O)OC)C(=C)CCCC)Cc1cccs1. The standard InChI is InChI=1S/C22H31NO3S/c1-6-7-9-18(3)23(12-11-22(25)26-5)16-17(2)14-20(19(4)24)15-21-10-8-13-27-21/h8,10,13-14,16,24H,3-4,6-7,9,11-12,15H2,1-2,5H3/b17-16+,20-14+. The molecule has 1 aromatic heterocycles. The van der Waals surface area contributed by atoms with E-state index in [1.165, 1.54) is 12.0 Å². The Hall–Kier alpha value is -2.27. The summed E-state index contributed by atoms with van der Waals surface area (Å²) in [6, 6.07) is 4.03. The molecule has 1 rings (SSSR count). The molecule has 148 valence electrons. The predicted octanol–water partition coefficient (Wildman–Crippen LogP) is 5.76. The lowest BCUT2D eigenvalue weighted by Gasteiger charge is -2.23. The first-order chi connectivity index (χ1) is 12.9. The fourth-order valence-corrected chi connectivity index (χ4v) is 3.28. The van der Waals surface area contributed by atoms with Crippen molar-refractivity contribution >= 4 is 17.3 Å². The van der Waals surface area contributed by atoms with Crippen LogP contribution in [0.25, 0.3) is 0 Å². The van der Waals surface area contributed by atoms with E-state index in [1.807, 2.05) is 41.6 Å². The molecule has 0 aliphatic rings. The molecule has 0 aliphatic heterocycles. The number of rotatable bonds is 12. The van der Waals surface area contributed by atoms with Gasteiger partial charge < -0.3 is 14.7 Å². The van der Waals surface area contributed by atoms with Crippen molar-refractivity contribution < 1.29 is 14.6 Å². The second-order valence-corrected chi connectivity index (χ2v) is 7.47. The summed E-state index contributed by atoms with van der Waals surface area (Å²) in [5.41, 5.74) is 2.70. The molecule has 5 heteroatoms. The number of unbranched alkanes of at least 4 members (excludes halogenated alkanes) is 1. The van der Waals surface area contributed by atoms with Crippen molar-refractivity contribution in [1.82, 2.24) is 4.90 Å². The molecule has 1 heterocycles. The summed E-state index contributed by atoms with van der Waals surface area (Å²) in [4.78, 5) is 14.7. The molecule has 0 aromatic carbocycles. The van der Waals surface area contributed by atoms with E-state index in [9.17, 15) is 9.90 Å². The minimum absolute atomic E-state index is 0.0714. The molecule has 0 saturated heterocycles. The summed E-state index contributed by atoms with van der Waals surface area (Å²) >= 11 is 1.65. The van der Waals surface area contributed by atoms with Gasteiger partial charge in [0.15, 0.2) is 0 Å². The average Bonchev–Trinajstić information content (AvgIpc) is 3.15. The van der Waals surface area contributed by atoms with E-state index in [4.69, 9.17) is 4.74 Å². The number of ether oxygens (including phenoxy) is 1. The summed E-state index contributed by atoms with van der Waals surface area (Å²) in [5, 5.41) is 12.0. The number of esters is 1. The largest absolute Gasteiger partial charge is 0.508 e. The van der Waals surface area contributed by atoms with Gasteiger partial charge in [-0.15, -0.1) is 11.3 Å². The van der Waals surface area contributed by atoms with Crippen LogP contribution in [0.5, 0.6) is 0 Å². The number of methoxy groups -OCH3 is 1. The minimum atomic E-state index is -0.244. The number of nitrogens with zero attached hydrogens (tertiary/aromatic N) is 1. The van der Waals surface area contributed by atoms with Gasteiger partial charge in [0.2, 0.25) is 0 Å². The van der Waals surface area contributed by atoms with E-state index < -0.39 is 0 Å². The Morgan fingerprint density at radius 2 is 2.11 bits per heavy atom. The molecule has 0 fully saturated rings. The minimum Gasteiger partial charge on any atom is -0.508 e. The highest BCUT2D eigenvalue weighted by Gasteiger charge is 2.10. The van der Waals surface area contributed by atoms with Crippen LogP contribution in [0.3, 0.4) is 0 Å². The first kappa shape index (κ1) is 22.8. The zero-order valence-corrected chi connectivity index (χ0v) is 17.5. The fourth-order valence-electron chi connectivity index (χ4n) is 2.55. The van der Waals surface area contributed by atoms with Gasteiger partial charge in [-0.2, -0.15) is 0 Å². The molecule has 0 bridgehead atoms. The van der Waals surface area contributed by atoms with E-state index in [0.29, 0.717) is 19.4 Å². The van der Waals surface area contributed by atoms with Crippen molar-refractivity contribution in [3.05, 3.63) is 70.4 Å². The van der Waals surface area contributed by atoms with Crippen LogP contribution >= 0.6 is 11.3 Å². The third kappa shape index (κ3) is 8.78. The van der Waals surface area contributed by atoms with Crippen LogP contribution in [-0.2, 0) is 16.0 Å². The van der Waals surface area contributed by atoms with Crippen molar-refractivity contribution in [3.63, 3.8) is 0 Å². The summed E-state index contributed by atoms with van der Waals surface area (Å²) < 4.78 is 4.75. The van der Waals surface area contributed by atoms with E-state index in [2.05, 4.69) is 20.1 Å². The Labute approximate surface area is 167 Å². The number of thiophene rings is 1. The Bertz CT molecular complexity index is 686. The Kier molecular flexibility index (Phi) is 10.3. The van der Waals surface area contributed by atoms with E-state index >= 15 is 0 Å². The Morgan fingerprint density at radius 3 is 2.67 bits per heavy atom. The van der Waals surface area contributed by atoms with Crippen LogP contribution in [-0.4, -0.2) is 29.6 Å². The van der Waals surface area contributed by atoms with Gasteiger partial charge in [0.25, 0.3) is 0 Å². The highest BCUT2D eigenvalue weighted by Crippen LogP contribution is 2.20. The molecule has 27 heavy (non-hydrogen) atoms. The zero-order valence-electron chi connectivity index (χ0n) is 16.7. The number of carbonyl (C=O) groups excluding carboxylic acids is 1. The molecule has 0 unspecified atom stereocenters. The smallest absolute Gasteiger partial charge is 0.307 e. The van der Waals surface area contributed by atoms with Crippen LogP contribution in [0.1, 0.15) is 44.4 Å². The molecule has 0 radical (unpaired) electrons. The molecule has 0 amide bonds. The maximum Gasteiger partial charge on any atom is 0.307 e. The van der Waals surface area contributed by atoms with Gasteiger partial charge in [-0.1, -0.05) is 38.6 Å². The van der Waals surface area contributed by atoms with E-state index in [1.54, 1.807) is 11.3 Å². The van der Waals surface area contributed by atoms with Gasteiger partial charge >= 0.3 is 5.97 Å². The lowest BCUT2D eigenvalue weighted by Crippen LogP contribution is -2.21. The predicted molar refractivity (Wildman–Crippen MR) is 114 cm³/mol. The van der Waals surface area contributed by atoms with Gasteiger partial charge in [0.1, 0.15) is 5.76 Å². The topological polar surface area (TPSA) is 49.8 Å². The summed E-state index contributed by atoms with van der Waals surface area (Å²) in [7, 11) is 1.39. The number of hydrogen-bond donors (Lipinski definition) is 1. The second kappa shape index (κ2) is 12.2. The maximum absolute atomic E-state index is 11.5. The van der Waals surface area contributed by atoms with Crippen LogP contribution in [0.2, 0.25) is 0 Å². The average molecular weight is 390 g/mol. The van der Waals surface area contributed by atoms with Gasteiger partial charge in [-0.05, 0) is 42.4 Å². The van der Waals surface area contributed by atoms with E-state index in [0.717, 1.165) is 36.1 Å². The lowest BCUT2D eigenvalue weighted by molar-refractivity contribution is -0.140. The molecule has 0 aliphatic carbocycles. The summed E-state index contributed by atoms with van der Waals surface area (Å²) in [5.74, 6) is -0.172. The van der Waals surface area contributed by atoms with Crippen molar-refractivity contribution in [2.24, 2.45) is 0 Å². The van der Waals surface area contributed by atoms with Crippen LogP contribution in [0.4, 0.5) is 0 Å². The van der Waals surface area contributed by atoms with Crippen molar-refractivity contribution in [2.45, 2.75) is 46.0 Å². The normalized spacial score (nSPS) is 12.0. The van der Waals surface area contributed by atoms with Gasteiger partial charge in [-0.25, -0.2) is 0 Å². The van der Waals surface area contributed by atoms with Crippen LogP contribution < -0.4 is 0 Å². The van der Waals surface area contributed by atoms with Gasteiger partial charge in [0, 0.05) is 29.7 Å². The molecular weight excluding hydrogens is 358 g/mol. The quantitative estimate of drug-likeness (QED) is 0.280. The number of carbonyl (C=O) groups is 1. The molecule has 0 saturated carbocycles. The fraction of sp³-hybridized carbons (Fsp3) is 0.409. The summed E-state index contributed by atoms with van der Waals surface area (Å²) in [6.07, 6.45) is 7.84. The van der Waals surface area contributed by atoms with Crippen molar-refractivity contribution in [1.29, 1.82) is 0 Å². The van der Waals surface area contributed by atoms with Gasteiger partial charge in [-0.3, -0.25) is 4.79 Å². The number of hydrogen-bond acceptors (Lipinski definition) is 5. The van der Waals surface area contributed by atoms with Crippen molar-refractivity contribution in [3.8, 4) is 0 Å². The molecule has 1 aromatic rings. The Morgan fingerprint density at radius 1 is 1.37 bits per heavy atom. The van der Waals surface area contributed by atoms with Gasteiger partial charge in [0.05, 0.1) is 13.5 Å². The zero-order chi connectivity index (χ0) is 20.2. The number of aliphatic hydroxyl groups is 1. The molecule has 4 nitrogen and oxygen atoms in total. The Balaban J connectivity index is 2.97. The summed E-state index contributed by atoms with van der Waals surface area (Å²) in [6.45, 7) is 12.5. The highest BCUT2D eigenvalue weighted by atomic mass is 32.1. The third-order valence-corrected chi connectivity index (χ3v) is 4.96. The number of allylic oxidation sites excluding steroid dienone is 4. The maximum atomic E-state index is 11.5. The molecule has 0 spiro atoms. The lowest BCUT2D eigenvalue weighted by atomic mass is 10.1. The third-order valence-electron chi connectivity index (χ3n) is 4.09. The van der Waals surface area contributed by atoms with Crippen LogP contribution in [0.15, 0.2) is 65.5 Å². The first-order valence-electron chi connectivity index (χ1n) is 9.18. The highest BCUT2D eigenvalue weighted by molar-refractivity contribution is 7.09. The molecular formula is C22H31NO3S. The second-order valence-electron chi connectivity index (χ2n) is 6.43. The van der Waals surface area contributed by atoms with Crippen LogP contribution in [0, 0.1) is 0 Å². The first-order valence-corrected chi connectivity index (χ1v) is 10.1. The monoisotopic (exact) mass is 389 g/mol.